The van der Waals surface area contributed by atoms with Gasteiger partial charge in [-0.15, -0.1) is 0 Å². The molecule has 0 bridgehead atoms. The van der Waals surface area contributed by atoms with Crippen molar-refractivity contribution >= 4 is 19.8 Å². The third-order valence-corrected chi connectivity index (χ3v) is 8.04. The first-order valence-corrected chi connectivity index (χ1v) is 20.1. The number of phosphoric ester groups is 1. The first kappa shape index (κ1) is 48.4. The minimum absolute atomic E-state index is 0.0932. The van der Waals surface area contributed by atoms with Gasteiger partial charge in [0.15, 0.2) is 6.10 Å². The van der Waals surface area contributed by atoms with Crippen LogP contribution >= 0.6 is 7.82 Å². The molecule has 0 aliphatic rings. The van der Waals surface area contributed by atoms with Gasteiger partial charge in [0.25, 0.3) is 0 Å². The highest BCUT2D eigenvalue weighted by molar-refractivity contribution is 7.46. The Morgan fingerprint density at radius 2 is 1.25 bits per heavy atom. The molecule has 0 aliphatic carbocycles. The van der Waals surface area contributed by atoms with Gasteiger partial charge in [0.1, 0.15) is 6.61 Å². The van der Waals surface area contributed by atoms with Crippen LogP contribution in [0.4, 0.5) is 0 Å². The summed E-state index contributed by atoms with van der Waals surface area (Å²) >= 11 is 0. The maximum Gasteiger partial charge on any atom is 0.469 e. The molecule has 0 heterocycles. The number of aliphatic hydroxyl groups is 3. The fraction of sp³-hybridized carbons (Fsp3) is 0.641. The van der Waals surface area contributed by atoms with Gasteiger partial charge < -0.3 is 34.6 Å². The van der Waals surface area contributed by atoms with E-state index < -0.39 is 57.4 Å². The van der Waals surface area contributed by atoms with E-state index in [1.54, 1.807) is 42.5 Å². The van der Waals surface area contributed by atoms with Gasteiger partial charge in [-0.1, -0.05) is 125 Å². The molecule has 0 saturated heterocycles. The second-order valence-corrected chi connectivity index (χ2v) is 13.6. The molecule has 0 rings (SSSR count). The van der Waals surface area contributed by atoms with Crippen LogP contribution in [0.15, 0.2) is 72.9 Å². The van der Waals surface area contributed by atoms with Crippen LogP contribution in [-0.2, 0) is 28.2 Å². The van der Waals surface area contributed by atoms with Crippen molar-refractivity contribution in [3.63, 3.8) is 0 Å². The van der Waals surface area contributed by atoms with E-state index in [0.29, 0.717) is 12.8 Å². The fourth-order valence-electron chi connectivity index (χ4n) is 4.65. The zero-order valence-corrected chi connectivity index (χ0v) is 31.7. The third kappa shape index (κ3) is 34.2. The normalized spacial score (nSPS) is 15.2. The molecule has 0 aliphatic heterocycles. The van der Waals surface area contributed by atoms with Crippen LogP contribution in [0.2, 0.25) is 0 Å². The van der Waals surface area contributed by atoms with E-state index in [9.17, 15) is 29.5 Å². The van der Waals surface area contributed by atoms with Crippen molar-refractivity contribution in [1.82, 2.24) is 0 Å². The van der Waals surface area contributed by atoms with Gasteiger partial charge in [-0.25, -0.2) is 4.57 Å². The summed E-state index contributed by atoms with van der Waals surface area (Å²) in [5.41, 5.74) is 0. The minimum atomic E-state index is -4.84. The number of hydrogen-bond acceptors (Lipinski definition) is 9. The largest absolute Gasteiger partial charge is 0.469 e. The molecule has 51 heavy (non-hydrogen) atoms. The predicted octanol–water partition coefficient (Wildman–Crippen LogP) is 7.64. The summed E-state index contributed by atoms with van der Waals surface area (Å²) in [7, 11) is -4.84. The van der Waals surface area contributed by atoms with Crippen molar-refractivity contribution in [1.29, 1.82) is 0 Å². The number of unbranched alkanes of at least 4 members (excludes halogenated alkanes) is 9. The Balaban J connectivity index is 4.37. The quantitative estimate of drug-likeness (QED) is 0.0150. The number of allylic oxidation sites excluding steroid dienone is 9. The molecule has 0 saturated carbocycles. The van der Waals surface area contributed by atoms with Gasteiger partial charge >= 0.3 is 19.8 Å². The molecule has 0 unspecified atom stereocenters. The van der Waals surface area contributed by atoms with Crippen LogP contribution in [-0.4, -0.2) is 74.7 Å². The van der Waals surface area contributed by atoms with Crippen LogP contribution < -0.4 is 0 Å². The molecule has 292 valence electrons. The van der Waals surface area contributed by atoms with Crippen molar-refractivity contribution in [3.8, 4) is 0 Å². The summed E-state index contributed by atoms with van der Waals surface area (Å²) in [5, 5.41) is 30.2. The summed E-state index contributed by atoms with van der Waals surface area (Å²) in [4.78, 5) is 42.7. The molecule has 0 fully saturated rings. The topological polar surface area (TPSA) is 180 Å². The summed E-state index contributed by atoms with van der Waals surface area (Å²) in [6, 6.07) is 0. The van der Waals surface area contributed by atoms with E-state index in [4.69, 9.17) is 19.3 Å². The first-order valence-electron chi connectivity index (χ1n) is 18.6. The molecule has 0 aromatic heterocycles. The second kappa shape index (κ2) is 33.2. The number of carbonyl (C=O) groups is 2. The van der Waals surface area contributed by atoms with Gasteiger partial charge in [0.05, 0.1) is 24.9 Å². The molecule has 0 radical (unpaired) electrons. The standard InChI is InChI=1S/C39H65O11P/c1-3-5-7-8-9-10-11-12-13-14-15-20-24-30-39(44)50-35(33-49-51(45,46)47)32-48-38(43)31-25-29-37(42)36(41)28-23-19-17-16-18-22-27-34(40)26-21-6-4-2/h6,10-11,16-19,21-23,27-28,34-37,40-42H,3-5,7-9,12-15,20,24-26,29-33H2,1-2H3,(H2,45,46,47)/b11-10-,18-16+,19-17-,21-6-,27-22+,28-23-/t34-,35-,36+,37+/m1/s1. The van der Waals surface area contributed by atoms with E-state index in [2.05, 4.69) is 23.6 Å². The first-order chi connectivity index (χ1) is 24.5. The van der Waals surface area contributed by atoms with E-state index in [1.807, 2.05) is 19.1 Å². The molecule has 0 spiro atoms. The van der Waals surface area contributed by atoms with Crippen LogP contribution in [0.25, 0.3) is 0 Å². The molecule has 4 atom stereocenters. The Morgan fingerprint density at radius 1 is 0.667 bits per heavy atom. The number of esters is 2. The highest BCUT2D eigenvalue weighted by atomic mass is 31.2. The predicted molar refractivity (Wildman–Crippen MR) is 202 cm³/mol. The highest BCUT2D eigenvalue weighted by Crippen LogP contribution is 2.36. The van der Waals surface area contributed by atoms with E-state index in [1.165, 1.54) is 31.8 Å². The maximum atomic E-state index is 12.3. The average Bonchev–Trinajstić information content (AvgIpc) is 3.08. The Hall–Kier alpha value is -2.63. The van der Waals surface area contributed by atoms with E-state index in [0.717, 1.165) is 44.9 Å². The third-order valence-electron chi connectivity index (χ3n) is 7.55. The lowest BCUT2D eigenvalue weighted by molar-refractivity contribution is -0.161. The van der Waals surface area contributed by atoms with Crippen molar-refractivity contribution in [2.24, 2.45) is 0 Å². The molecule has 11 nitrogen and oxygen atoms in total. The maximum absolute atomic E-state index is 12.3. The monoisotopic (exact) mass is 740 g/mol. The molecule has 0 amide bonds. The van der Waals surface area contributed by atoms with Crippen LogP contribution in [0.1, 0.15) is 123 Å². The summed E-state index contributed by atoms with van der Waals surface area (Å²) < 4.78 is 26.1. The lowest BCUT2D eigenvalue weighted by Crippen LogP contribution is -2.29. The molecule has 0 aromatic rings. The Bertz CT molecular complexity index is 1110. The molecule has 12 heteroatoms. The number of rotatable bonds is 32. The minimum Gasteiger partial charge on any atom is -0.462 e. The van der Waals surface area contributed by atoms with Crippen molar-refractivity contribution in [2.75, 3.05) is 13.2 Å². The van der Waals surface area contributed by atoms with Crippen molar-refractivity contribution in [3.05, 3.63) is 72.9 Å². The highest BCUT2D eigenvalue weighted by Gasteiger charge is 2.23. The number of phosphoric acid groups is 1. The number of ether oxygens (including phenoxy) is 2. The van der Waals surface area contributed by atoms with Gasteiger partial charge in [-0.2, -0.15) is 0 Å². The molecule has 0 aromatic carbocycles. The zero-order valence-electron chi connectivity index (χ0n) is 30.8. The van der Waals surface area contributed by atoms with Crippen molar-refractivity contribution < 1.29 is 53.3 Å². The molecule has 5 N–H and O–H groups in total. The number of hydrogen-bond donors (Lipinski definition) is 5. The lowest BCUT2D eigenvalue weighted by Gasteiger charge is -2.18. The van der Waals surface area contributed by atoms with Gasteiger partial charge in [-0.05, 0) is 57.8 Å². The Kier molecular flexibility index (Phi) is 31.5. The summed E-state index contributed by atoms with van der Waals surface area (Å²) in [5.74, 6) is -1.24. The Morgan fingerprint density at radius 3 is 1.90 bits per heavy atom. The van der Waals surface area contributed by atoms with Gasteiger partial charge in [-0.3, -0.25) is 14.1 Å². The van der Waals surface area contributed by atoms with Crippen LogP contribution in [0.5, 0.6) is 0 Å². The second-order valence-electron chi connectivity index (χ2n) is 12.4. The number of aliphatic hydroxyl groups excluding tert-OH is 3. The van der Waals surface area contributed by atoms with Gasteiger partial charge in [0.2, 0.25) is 0 Å². The fourth-order valence-corrected chi connectivity index (χ4v) is 5.01. The SMILES string of the molecule is CC/C=C\C[C@@H](O)/C=C/C=C/C=C\C=C/[C@H](O)[C@@H](O)CCCC(=O)OC[C@H](COP(=O)(O)O)OC(=O)CCCCCCC/C=C\CCCCCC. The number of carbonyl (C=O) groups excluding carboxylic acids is 2. The smallest absolute Gasteiger partial charge is 0.462 e. The van der Waals surface area contributed by atoms with E-state index in [-0.39, 0.29) is 25.7 Å². The lowest BCUT2D eigenvalue weighted by atomic mass is 10.1. The van der Waals surface area contributed by atoms with E-state index >= 15 is 0 Å². The average molecular weight is 741 g/mol. The summed E-state index contributed by atoms with van der Waals surface area (Å²) in [6.07, 6.45) is 31.5. The molecular formula is C39H65O11P. The Labute approximate surface area is 306 Å². The zero-order chi connectivity index (χ0) is 38.0. The molecular weight excluding hydrogens is 675 g/mol. The van der Waals surface area contributed by atoms with Crippen LogP contribution in [0, 0.1) is 0 Å². The van der Waals surface area contributed by atoms with Crippen LogP contribution in [0.3, 0.4) is 0 Å². The van der Waals surface area contributed by atoms with Crippen molar-refractivity contribution in [2.45, 2.75) is 147 Å². The van der Waals surface area contributed by atoms with Gasteiger partial charge in [0, 0.05) is 12.8 Å². The summed E-state index contributed by atoms with van der Waals surface area (Å²) in [6.45, 7) is 3.14.